The van der Waals surface area contributed by atoms with Crippen molar-refractivity contribution < 1.29 is 18.3 Å². The van der Waals surface area contributed by atoms with Gasteiger partial charge in [-0.15, -0.1) is 0 Å². The zero-order valence-corrected chi connectivity index (χ0v) is 12.9. The lowest BCUT2D eigenvalue weighted by Crippen LogP contribution is -2.27. The highest BCUT2D eigenvalue weighted by molar-refractivity contribution is 7.89. The Morgan fingerprint density at radius 3 is 2.40 bits per heavy atom. The molecule has 0 aliphatic heterocycles. The monoisotopic (exact) mass is 301 g/mol. The quantitative estimate of drug-likeness (QED) is 0.707. The molecule has 0 radical (unpaired) electrons. The smallest absolute Gasteiger partial charge is 0.242 e. The Morgan fingerprint density at radius 2 is 1.85 bits per heavy atom. The molecular formula is C14H23NO4S. The van der Waals surface area contributed by atoms with Crippen molar-refractivity contribution in [2.24, 2.45) is 0 Å². The van der Waals surface area contributed by atoms with Crippen molar-refractivity contribution in [2.45, 2.75) is 31.1 Å². The van der Waals surface area contributed by atoms with Gasteiger partial charge in [0.25, 0.3) is 0 Å². The van der Waals surface area contributed by atoms with Gasteiger partial charge in [-0.3, -0.25) is 0 Å². The average Bonchev–Trinajstić information content (AvgIpc) is 2.45. The zero-order chi connectivity index (χ0) is 15.0. The SMILES string of the molecule is CCCCN(C)S(=O)(=O)c1ccc(OCCCO)cc1. The fourth-order valence-corrected chi connectivity index (χ4v) is 2.85. The number of benzene rings is 1. The number of aliphatic hydroxyl groups is 1. The van der Waals surface area contributed by atoms with Crippen LogP contribution in [0.15, 0.2) is 29.2 Å². The molecule has 5 nitrogen and oxygen atoms in total. The topological polar surface area (TPSA) is 66.8 Å². The van der Waals surface area contributed by atoms with Gasteiger partial charge in [-0.1, -0.05) is 13.3 Å². The summed E-state index contributed by atoms with van der Waals surface area (Å²) < 4.78 is 31.3. The number of sulfonamides is 1. The molecule has 1 aromatic rings. The molecule has 0 aromatic heterocycles. The van der Waals surface area contributed by atoms with Crippen molar-refractivity contribution in [1.29, 1.82) is 0 Å². The van der Waals surface area contributed by atoms with Crippen LogP contribution in [0.2, 0.25) is 0 Å². The predicted octanol–water partition coefficient (Wildman–Crippen LogP) is 1.87. The summed E-state index contributed by atoms with van der Waals surface area (Å²) in [7, 11) is -1.82. The van der Waals surface area contributed by atoms with Gasteiger partial charge in [0.05, 0.1) is 11.5 Å². The van der Waals surface area contributed by atoms with Gasteiger partial charge < -0.3 is 9.84 Å². The summed E-state index contributed by atoms with van der Waals surface area (Å²) in [6, 6.07) is 6.37. The van der Waals surface area contributed by atoms with Crippen molar-refractivity contribution in [3.8, 4) is 5.75 Å². The summed E-state index contributed by atoms with van der Waals surface area (Å²) in [6.45, 7) is 3.04. The third-order valence-corrected chi connectivity index (χ3v) is 4.80. The van der Waals surface area contributed by atoms with Crippen LogP contribution in [0.1, 0.15) is 26.2 Å². The second-order valence-corrected chi connectivity index (χ2v) is 6.62. The summed E-state index contributed by atoms with van der Waals surface area (Å²) in [5.41, 5.74) is 0. The molecule has 20 heavy (non-hydrogen) atoms. The molecule has 0 aliphatic rings. The van der Waals surface area contributed by atoms with Crippen LogP contribution in [-0.4, -0.2) is 44.6 Å². The zero-order valence-electron chi connectivity index (χ0n) is 12.1. The van der Waals surface area contributed by atoms with Gasteiger partial charge in [-0.2, -0.15) is 0 Å². The molecular weight excluding hydrogens is 278 g/mol. The van der Waals surface area contributed by atoms with Crippen LogP contribution in [0.3, 0.4) is 0 Å². The minimum Gasteiger partial charge on any atom is -0.494 e. The number of hydrogen-bond donors (Lipinski definition) is 1. The number of aliphatic hydroxyl groups excluding tert-OH is 1. The lowest BCUT2D eigenvalue weighted by Gasteiger charge is -2.17. The molecule has 1 aromatic carbocycles. The third kappa shape index (κ3) is 4.77. The molecule has 6 heteroatoms. The summed E-state index contributed by atoms with van der Waals surface area (Å²) in [4.78, 5) is 0.269. The summed E-state index contributed by atoms with van der Waals surface area (Å²) >= 11 is 0. The number of ether oxygens (including phenoxy) is 1. The van der Waals surface area contributed by atoms with Gasteiger partial charge >= 0.3 is 0 Å². The van der Waals surface area contributed by atoms with Gasteiger partial charge in [0.2, 0.25) is 10.0 Å². The Balaban J connectivity index is 2.71. The van der Waals surface area contributed by atoms with E-state index in [1.807, 2.05) is 6.92 Å². The van der Waals surface area contributed by atoms with Crippen LogP contribution in [0.25, 0.3) is 0 Å². The number of rotatable bonds is 9. The first-order valence-electron chi connectivity index (χ1n) is 6.82. The van der Waals surface area contributed by atoms with E-state index in [2.05, 4.69) is 0 Å². The Labute approximate surface area is 121 Å². The molecule has 0 bridgehead atoms. The van der Waals surface area contributed by atoms with E-state index in [1.165, 1.54) is 4.31 Å². The molecule has 0 atom stereocenters. The molecule has 0 aliphatic carbocycles. The molecule has 0 amide bonds. The first-order chi connectivity index (χ1) is 9.52. The third-order valence-electron chi connectivity index (χ3n) is 2.93. The maximum Gasteiger partial charge on any atom is 0.242 e. The van der Waals surface area contributed by atoms with Gasteiger partial charge in [-0.25, -0.2) is 12.7 Å². The lowest BCUT2D eigenvalue weighted by atomic mass is 10.3. The fraction of sp³-hybridized carbons (Fsp3) is 0.571. The van der Waals surface area contributed by atoms with E-state index in [9.17, 15) is 8.42 Å². The highest BCUT2D eigenvalue weighted by atomic mass is 32.2. The van der Waals surface area contributed by atoms with Crippen molar-refractivity contribution in [1.82, 2.24) is 4.31 Å². The van der Waals surface area contributed by atoms with Crippen LogP contribution in [0.5, 0.6) is 5.75 Å². The van der Waals surface area contributed by atoms with Crippen LogP contribution in [0.4, 0.5) is 0 Å². The van der Waals surface area contributed by atoms with Gasteiger partial charge in [-0.05, 0) is 30.7 Å². The molecule has 0 spiro atoms. The fourth-order valence-electron chi connectivity index (χ4n) is 1.64. The molecule has 114 valence electrons. The van der Waals surface area contributed by atoms with Crippen molar-refractivity contribution in [3.63, 3.8) is 0 Å². The van der Waals surface area contributed by atoms with Crippen LogP contribution in [-0.2, 0) is 10.0 Å². The predicted molar refractivity (Wildman–Crippen MR) is 78.4 cm³/mol. The van der Waals surface area contributed by atoms with E-state index < -0.39 is 10.0 Å². The Bertz CT molecular complexity index is 484. The van der Waals surface area contributed by atoms with E-state index in [-0.39, 0.29) is 11.5 Å². The average molecular weight is 301 g/mol. The van der Waals surface area contributed by atoms with E-state index >= 15 is 0 Å². The van der Waals surface area contributed by atoms with Crippen LogP contribution in [0, 0.1) is 0 Å². The minimum atomic E-state index is -3.42. The Kier molecular flexibility index (Phi) is 6.98. The lowest BCUT2D eigenvalue weighted by molar-refractivity contribution is 0.233. The molecule has 0 fully saturated rings. The van der Waals surface area contributed by atoms with Crippen molar-refractivity contribution in [3.05, 3.63) is 24.3 Å². The molecule has 0 unspecified atom stereocenters. The first kappa shape index (κ1) is 16.9. The highest BCUT2D eigenvalue weighted by Gasteiger charge is 2.19. The van der Waals surface area contributed by atoms with Crippen molar-refractivity contribution in [2.75, 3.05) is 26.8 Å². The maximum absolute atomic E-state index is 12.3. The van der Waals surface area contributed by atoms with E-state index in [4.69, 9.17) is 9.84 Å². The van der Waals surface area contributed by atoms with E-state index in [0.717, 1.165) is 12.8 Å². The van der Waals surface area contributed by atoms with E-state index in [1.54, 1.807) is 31.3 Å². The molecule has 0 heterocycles. The number of nitrogens with zero attached hydrogens (tertiary/aromatic N) is 1. The minimum absolute atomic E-state index is 0.0781. The maximum atomic E-state index is 12.3. The summed E-state index contributed by atoms with van der Waals surface area (Å²) in [5, 5.41) is 8.66. The molecule has 1 N–H and O–H groups in total. The summed E-state index contributed by atoms with van der Waals surface area (Å²) in [6.07, 6.45) is 2.36. The van der Waals surface area contributed by atoms with E-state index in [0.29, 0.717) is 25.3 Å². The normalized spacial score (nSPS) is 11.8. The van der Waals surface area contributed by atoms with Gasteiger partial charge in [0.1, 0.15) is 5.75 Å². The van der Waals surface area contributed by atoms with Crippen LogP contribution < -0.4 is 4.74 Å². The second-order valence-electron chi connectivity index (χ2n) is 4.58. The largest absolute Gasteiger partial charge is 0.494 e. The van der Waals surface area contributed by atoms with Crippen molar-refractivity contribution >= 4 is 10.0 Å². The molecule has 0 saturated carbocycles. The first-order valence-corrected chi connectivity index (χ1v) is 8.26. The molecule has 1 rings (SSSR count). The summed E-state index contributed by atoms with van der Waals surface area (Å²) in [5.74, 6) is 0.605. The molecule has 0 saturated heterocycles. The number of hydrogen-bond acceptors (Lipinski definition) is 4. The van der Waals surface area contributed by atoms with Crippen LogP contribution >= 0.6 is 0 Å². The Morgan fingerprint density at radius 1 is 1.20 bits per heavy atom. The Hall–Kier alpha value is -1.11. The second kappa shape index (κ2) is 8.24. The highest BCUT2D eigenvalue weighted by Crippen LogP contribution is 2.19. The standard InChI is InChI=1S/C14H23NO4S/c1-3-4-10-15(2)20(17,18)14-8-6-13(7-9-14)19-12-5-11-16/h6-9,16H,3-5,10-12H2,1-2H3. The van der Waals surface area contributed by atoms with Gasteiger partial charge in [0.15, 0.2) is 0 Å². The number of unbranched alkanes of at least 4 members (excludes halogenated alkanes) is 1. The van der Waals surface area contributed by atoms with Gasteiger partial charge in [0, 0.05) is 26.6 Å².